The smallest absolute Gasteiger partial charge is 0.160 e. The van der Waals surface area contributed by atoms with Crippen LogP contribution in [0.15, 0.2) is 24.7 Å². The van der Waals surface area contributed by atoms with Gasteiger partial charge in [-0.1, -0.05) is 6.07 Å². The van der Waals surface area contributed by atoms with Crippen LogP contribution >= 0.6 is 0 Å². The van der Waals surface area contributed by atoms with Gasteiger partial charge < -0.3 is 5.73 Å². The summed E-state index contributed by atoms with van der Waals surface area (Å²) in [4.78, 5) is 4.20. The van der Waals surface area contributed by atoms with E-state index in [4.69, 9.17) is 5.73 Å². The molecule has 0 unspecified atom stereocenters. The largest absolute Gasteiger partial charge is 0.321 e. The minimum Gasteiger partial charge on any atom is -0.321 e. The first kappa shape index (κ1) is 7.03. The van der Waals surface area contributed by atoms with E-state index in [0.29, 0.717) is 0 Å². The standard InChI is InChI=1S/C9H10N4/c10-9(3-4-9)7-2-1-5-13-8(7)11-6-12-13/h1-2,5-6H,3-4,10H2. The number of hydrogen-bond acceptors (Lipinski definition) is 3. The highest BCUT2D eigenvalue weighted by molar-refractivity contribution is 5.52. The Kier molecular flexibility index (Phi) is 1.13. The molecule has 66 valence electrons. The van der Waals surface area contributed by atoms with Crippen LogP contribution in [0.5, 0.6) is 0 Å². The van der Waals surface area contributed by atoms with E-state index in [9.17, 15) is 0 Å². The van der Waals surface area contributed by atoms with Crippen molar-refractivity contribution in [3.63, 3.8) is 0 Å². The average Bonchev–Trinajstić information content (AvgIpc) is 2.72. The van der Waals surface area contributed by atoms with Crippen LogP contribution in [0.2, 0.25) is 0 Å². The van der Waals surface area contributed by atoms with Crippen LogP contribution < -0.4 is 5.73 Å². The minimum absolute atomic E-state index is 0.129. The van der Waals surface area contributed by atoms with Crippen molar-refractivity contribution >= 4 is 5.65 Å². The van der Waals surface area contributed by atoms with Gasteiger partial charge in [0, 0.05) is 17.3 Å². The number of hydrogen-bond donors (Lipinski definition) is 1. The van der Waals surface area contributed by atoms with Crippen molar-refractivity contribution in [1.82, 2.24) is 14.6 Å². The summed E-state index contributed by atoms with van der Waals surface area (Å²) in [6.45, 7) is 0. The summed E-state index contributed by atoms with van der Waals surface area (Å²) in [7, 11) is 0. The van der Waals surface area contributed by atoms with Crippen LogP contribution in [0.1, 0.15) is 18.4 Å². The normalized spacial score (nSPS) is 19.2. The molecule has 0 radical (unpaired) electrons. The Morgan fingerprint density at radius 2 is 2.31 bits per heavy atom. The van der Waals surface area contributed by atoms with Gasteiger partial charge in [0.05, 0.1) is 0 Å². The van der Waals surface area contributed by atoms with Gasteiger partial charge in [0.15, 0.2) is 5.65 Å². The molecule has 4 heteroatoms. The molecule has 0 bridgehead atoms. The summed E-state index contributed by atoms with van der Waals surface area (Å²) in [6, 6.07) is 4.00. The molecule has 3 rings (SSSR count). The van der Waals surface area contributed by atoms with E-state index in [-0.39, 0.29) is 5.54 Å². The molecule has 0 aromatic carbocycles. The molecule has 0 saturated heterocycles. The Morgan fingerprint density at radius 3 is 3.08 bits per heavy atom. The van der Waals surface area contributed by atoms with E-state index in [1.54, 1.807) is 10.8 Å². The zero-order valence-electron chi connectivity index (χ0n) is 7.14. The second kappa shape index (κ2) is 2.09. The second-order valence-corrected chi connectivity index (χ2v) is 3.61. The van der Waals surface area contributed by atoms with Gasteiger partial charge >= 0.3 is 0 Å². The lowest BCUT2D eigenvalue weighted by atomic mass is 10.1. The zero-order valence-corrected chi connectivity index (χ0v) is 7.14. The van der Waals surface area contributed by atoms with Crippen molar-refractivity contribution in [3.05, 3.63) is 30.2 Å². The van der Waals surface area contributed by atoms with Gasteiger partial charge in [-0.2, -0.15) is 5.10 Å². The Labute approximate surface area is 75.4 Å². The summed E-state index contributed by atoms with van der Waals surface area (Å²) in [5.74, 6) is 0. The van der Waals surface area contributed by atoms with Crippen molar-refractivity contribution in [3.8, 4) is 0 Å². The molecule has 2 aromatic heterocycles. The summed E-state index contributed by atoms with van der Waals surface area (Å²) in [6.07, 6.45) is 5.56. The fourth-order valence-corrected chi connectivity index (χ4v) is 1.64. The molecule has 2 heterocycles. The van der Waals surface area contributed by atoms with E-state index < -0.39 is 0 Å². The zero-order chi connectivity index (χ0) is 8.89. The molecule has 0 amide bonds. The summed E-state index contributed by atoms with van der Waals surface area (Å²) >= 11 is 0. The van der Waals surface area contributed by atoms with Crippen molar-refractivity contribution < 1.29 is 0 Å². The van der Waals surface area contributed by atoms with Gasteiger partial charge in [-0.05, 0) is 18.9 Å². The summed E-state index contributed by atoms with van der Waals surface area (Å²) in [5, 5.41) is 4.07. The first-order valence-corrected chi connectivity index (χ1v) is 4.37. The van der Waals surface area contributed by atoms with Crippen LogP contribution in [0.25, 0.3) is 5.65 Å². The molecule has 1 aliphatic rings. The number of fused-ring (bicyclic) bond motifs is 1. The SMILES string of the molecule is NC1(c2cccn3ncnc23)CC1. The van der Waals surface area contributed by atoms with E-state index in [2.05, 4.69) is 10.1 Å². The lowest BCUT2D eigenvalue weighted by Gasteiger charge is -2.08. The number of pyridine rings is 1. The second-order valence-electron chi connectivity index (χ2n) is 3.61. The maximum absolute atomic E-state index is 6.11. The van der Waals surface area contributed by atoms with Crippen molar-refractivity contribution in [2.24, 2.45) is 5.73 Å². The third-order valence-corrected chi connectivity index (χ3v) is 2.63. The quantitative estimate of drug-likeness (QED) is 0.691. The minimum atomic E-state index is -0.129. The monoisotopic (exact) mass is 174 g/mol. The number of nitrogens with zero attached hydrogens (tertiary/aromatic N) is 3. The Hall–Kier alpha value is -1.42. The fourth-order valence-electron chi connectivity index (χ4n) is 1.64. The van der Waals surface area contributed by atoms with Crippen molar-refractivity contribution in [1.29, 1.82) is 0 Å². The Morgan fingerprint density at radius 1 is 1.46 bits per heavy atom. The van der Waals surface area contributed by atoms with E-state index in [0.717, 1.165) is 24.1 Å². The molecule has 0 atom stereocenters. The summed E-state index contributed by atoms with van der Waals surface area (Å²) < 4.78 is 1.77. The summed E-state index contributed by atoms with van der Waals surface area (Å²) in [5.41, 5.74) is 7.99. The molecule has 0 aliphatic heterocycles. The van der Waals surface area contributed by atoms with Gasteiger partial charge in [-0.25, -0.2) is 9.50 Å². The highest BCUT2D eigenvalue weighted by atomic mass is 15.3. The maximum atomic E-state index is 6.11. The molecule has 1 fully saturated rings. The predicted octanol–water partition coefficient (Wildman–Crippen LogP) is 0.677. The first-order valence-electron chi connectivity index (χ1n) is 4.37. The highest BCUT2D eigenvalue weighted by Crippen LogP contribution is 2.43. The Bertz CT molecular complexity index is 455. The molecule has 1 saturated carbocycles. The number of aromatic nitrogens is 3. The molecule has 0 spiro atoms. The Balaban J connectivity index is 2.33. The van der Waals surface area contributed by atoms with Crippen molar-refractivity contribution in [2.45, 2.75) is 18.4 Å². The molecule has 13 heavy (non-hydrogen) atoms. The fraction of sp³-hybridized carbons (Fsp3) is 0.333. The molecular weight excluding hydrogens is 164 g/mol. The van der Waals surface area contributed by atoms with Crippen LogP contribution in [-0.2, 0) is 5.54 Å². The highest BCUT2D eigenvalue weighted by Gasteiger charge is 2.41. The lowest BCUT2D eigenvalue weighted by molar-refractivity contribution is 0.737. The lowest BCUT2D eigenvalue weighted by Crippen LogP contribution is -2.19. The number of nitrogens with two attached hydrogens (primary N) is 1. The van der Waals surface area contributed by atoms with E-state index in [1.807, 2.05) is 18.3 Å². The van der Waals surface area contributed by atoms with Gasteiger partial charge in [0.1, 0.15) is 6.33 Å². The number of rotatable bonds is 1. The van der Waals surface area contributed by atoms with Gasteiger partial charge in [0.25, 0.3) is 0 Å². The molecule has 2 N–H and O–H groups in total. The van der Waals surface area contributed by atoms with Crippen LogP contribution in [-0.4, -0.2) is 14.6 Å². The topological polar surface area (TPSA) is 56.2 Å². The molecular formula is C9H10N4. The van der Waals surface area contributed by atoms with E-state index in [1.165, 1.54) is 0 Å². The average molecular weight is 174 g/mol. The van der Waals surface area contributed by atoms with Crippen LogP contribution in [0.3, 0.4) is 0 Å². The van der Waals surface area contributed by atoms with Gasteiger partial charge in [-0.3, -0.25) is 0 Å². The maximum Gasteiger partial charge on any atom is 0.160 e. The molecule has 1 aliphatic carbocycles. The van der Waals surface area contributed by atoms with Crippen molar-refractivity contribution in [2.75, 3.05) is 0 Å². The van der Waals surface area contributed by atoms with E-state index >= 15 is 0 Å². The molecule has 4 nitrogen and oxygen atoms in total. The van der Waals surface area contributed by atoms with Crippen LogP contribution in [0, 0.1) is 0 Å². The molecule has 2 aromatic rings. The van der Waals surface area contributed by atoms with Gasteiger partial charge in [0.2, 0.25) is 0 Å². The third-order valence-electron chi connectivity index (χ3n) is 2.63. The van der Waals surface area contributed by atoms with Crippen LogP contribution in [0.4, 0.5) is 0 Å². The predicted molar refractivity (Wildman–Crippen MR) is 48.1 cm³/mol. The first-order chi connectivity index (χ1) is 6.30. The third kappa shape index (κ3) is 0.890. The van der Waals surface area contributed by atoms with Gasteiger partial charge in [-0.15, -0.1) is 0 Å².